The predicted molar refractivity (Wildman–Crippen MR) is 603 cm³/mol. The van der Waals surface area contributed by atoms with Crippen LogP contribution in [-0.4, -0.2) is 266 Å². The Bertz CT molecular complexity index is 5760. The van der Waals surface area contributed by atoms with Gasteiger partial charge in [-0.2, -0.15) is 4.31 Å². The first-order valence-corrected chi connectivity index (χ1v) is 65.9. The molecular formula is C116H178ClN5O22S6. The quantitative estimate of drug-likeness (QED) is 0.0327. The molecule has 150 heavy (non-hydrogen) atoms. The molecule has 13 rings (SSSR count). The van der Waals surface area contributed by atoms with Gasteiger partial charge in [0.15, 0.2) is 49.2 Å². The number of piperazine rings is 1. The van der Waals surface area contributed by atoms with Crippen molar-refractivity contribution >= 4 is 123 Å². The first-order chi connectivity index (χ1) is 70.7. The number of rotatable bonds is 43. The van der Waals surface area contributed by atoms with Gasteiger partial charge >= 0.3 is 0 Å². The molecule has 0 aromatic heterocycles. The van der Waals surface area contributed by atoms with Gasteiger partial charge in [-0.05, 0) is 357 Å². The van der Waals surface area contributed by atoms with Crippen molar-refractivity contribution in [3.63, 3.8) is 0 Å². The number of morpholine rings is 2. The summed E-state index contributed by atoms with van der Waals surface area (Å²) in [4.78, 5) is 84.1. The van der Waals surface area contributed by atoms with E-state index in [0.29, 0.717) is 76.0 Å². The highest BCUT2D eigenvalue weighted by atomic mass is 35.5. The number of amides is 1. The number of ether oxygens (including phenoxy) is 4. The van der Waals surface area contributed by atoms with Crippen LogP contribution in [0.5, 0.6) is 0 Å². The molecule has 0 N–H and O–H groups in total. The normalized spacial score (nSPS) is 23.9. The number of Topliss-reactive ketones (excluding diaryl/α,β-unsaturated/α-hetero) is 5. The highest BCUT2D eigenvalue weighted by Crippen LogP contribution is 2.39. The molecular weight excluding hydrogens is 2040 g/mol. The molecule has 5 aliphatic carbocycles. The Morgan fingerprint density at radius 2 is 0.613 bits per heavy atom. The monoisotopic (exact) mass is 2220 g/mol. The molecule has 34 heteroatoms. The van der Waals surface area contributed by atoms with Gasteiger partial charge in [0.05, 0.1) is 97.5 Å². The maximum atomic E-state index is 13.0. The van der Waals surface area contributed by atoms with Crippen molar-refractivity contribution in [3.8, 4) is 0 Å². The smallest absolute Gasteiger partial charge is 0.243 e. The number of carbonyl (C=O) groups is 6. The third-order valence-corrected chi connectivity index (χ3v) is 45.6. The van der Waals surface area contributed by atoms with Crippen molar-refractivity contribution in [2.45, 2.75) is 334 Å². The number of ketones is 5. The molecule has 8 fully saturated rings. The summed E-state index contributed by atoms with van der Waals surface area (Å²) in [6, 6.07) is 38.8. The first kappa shape index (κ1) is 127. The van der Waals surface area contributed by atoms with Crippen LogP contribution in [-0.2, 0) is 139 Å². The van der Waals surface area contributed by atoms with Gasteiger partial charge in [-0.3, -0.25) is 28.8 Å². The lowest BCUT2D eigenvalue weighted by molar-refractivity contribution is -0.129. The Morgan fingerprint density at radius 1 is 0.347 bits per heavy atom. The molecule has 5 aromatic rings. The maximum Gasteiger partial charge on any atom is 0.243 e. The summed E-state index contributed by atoms with van der Waals surface area (Å²) in [7, 11) is -18.7. The third-order valence-electron chi connectivity index (χ3n) is 31.6. The summed E-state index contributed by atoms with van der Waals surface area (Å²) in [5, 5.41) is -0.994. The summed E-state index contributed by atoms with van der Waals surface area (Å²) in [6.07, 6.45) is 18.3. The molecule has 5 aromatic carbocycles. The Kier molecular flexibility index (Phi) is 50.7. The zero-order valence-electron chi connectivity index (χ0n) is 92.7. The topological polar surface area (TPSA) is 360 Å². The zero-order chi connectivity index (χ0) is 110. The molecule has 1 amide bonds. The lowest BCUT2D eigenvalue weighted by Crippen LogP contribution is -2.48. The fraction of sp³-hybridized carbons (Fsp3) is 0.690. The van der Waals surface area contributed by atoms with Crippen LogP contribution < -0.4 is 14.7 Å². The SMILES string of the molecule is CC(=O)N1CCN(c2ccc(CC(=O)C3CCC(CS(=O)(=O)C(C)C)CC3)cc2)CC1.CC(C)S(=O)(=O)CC1CCC(C(=O)Cc2ccc(N3C[C@@H](C)O[C@H](C)C3)cc2)CC1.CC(C)S(=O)(=O)CC1CCC(C(=O)Cc2ccc(S(=O)(=O)N3C[C@@H](C)O[C@@H](C)C3)cc2)CC1.CC(C)S(=O)(=O)CC1CCC(C(=O)Cc2cccc(Cl)c2)CC1.CCOCCN(CCOCC)c1ccc(CC(=O)C2CCC(CS(=O)(=O)C(C)C)CC2)cc1. The van der Waals surface area contributed by atoms with Crippen molar-refractivity contribution in [2.24, 2.45) is 59.2 Å². The largest absolute Gasteiger partial charge is 0.380 e. The standard InChI is InChI=1S/C26H43NO5S.C24H36N2O4S.C24H37NO6S2.C24H37NO4S.C18H25ClO3S/c1-5-31-17-15-27(16-18-32-6-2)25-13-9-22(10-14-25)19-26(28)24-11-7-23(8-12-24)20-33(29,30)21(3)4;1-18(2)31(29,30)17-21-4-8-22(9-5-21)24(28)16-20-6-10-23(11-7-20)26-14-12-25(13-15-26)19(3)27;1-17(2)32(27,28)16-21-5-9-22(10-6-21)24(26)13-20-7-11-23(12-8-20)33(29,30)25-14-18(3)31-19(4)15-25;1-17(2)30(27,28)16-21-5-9-22(10-6-21)24(26)13-20-7-11-23(12-8-20)25-14-18(3)29-19(4)15-25;1-13(2)23(21,22)12-14-6-8-16(9-7-14)18(20)11-15-4-3-5-17(19)10-15/h9-10,13-14,21,23-24H,5-8,11-12,15-20H2,1-4H3;6-7,10-11,18,21-22H,4-5,8-9,12-17H2,1-3H3;7-8,11-12,17-19,21-22H,5-6,9-10,13-16H2,1-4H3;7-8,11-12,17-19,21-22H,5-6,9-10,13-16H2,1-4H3;3-5,10,13-14,16H,6-9,11-12H2,1-2H3/t;;18-,19+,21?,22?;18-,19-,21?,22?;/m...1./s1. The molecule has 27 nitrogen and oxygen atoms in total. The summed E-state index contributed by atoms with van der Waals surface area (Å²) in [6.45, 7) is 40.8. The molecule has 3 saturated heterocycles. The fourth-order valence-electron chi connectivity index (χ4n) is 21.6. The van der Waals surface area contributed by atoms with E-state index in [9.17, 15) is 79.3 Å². The van der Waals surface area contributed by atoms with Crippen LogP contribution in [0.15, 0.2) is 126 Å². The minimum atomic E-state index is -3.60. The first-order valence-electron chi connectivity index (χ1n) is 55.5. The number of carbonyl (C=O) groups excluding carboxylic acids is 6. The van der Waals surface area contributed by atoms with E-state index in [-0.39, 0.29) is 179 Å². The van der Waals surface area contributed by atoms with Gasteiger partial charge in [-0.15, -0.1) is 0 Å². The van der Waals surface area contributed by atoms with Crippen LogP contribution in [0.2, 0.25) is 5.02 Å². The minimum Gasteiger partial charge on any atom is -0.380 e. The molecule has 8 aliphatic rings. The van der Waals surface area contributed by atoms with Crippen LogP contribution in [0, 0.1) is 59.2 Å². The second kappa shape index (κ2) is 60.0. The van der Waals surface area contributed by atoms with Gasteiger partial charge in [-0.25, -0.2) is 50.5 Å². The Hall–Kier alpha value is -6.89. The lowest BCUT2D eigenvalue weighted by atomic mass is 9.79. The number of hydrogen-bond donors (Lipinski definition) is 0. The Labute approximate surface area is 905 Å². The van der Waals surface area contributed by atoms with Crippen LogP contribution in [0.4, 0.5) is 17.1 Å². The van der Waals surface area contributed by atoms with E-state index in [2.05, 4.69) is 77.1 Å². The number of benzene rings is 5. The third kappa shape index (κ3) is 40.9. The fourth-order valence-corrected chi connectivity index (χ4v) is 30.3. The van der Waals surface area contributed by atoms with E-state index >= 15 is 0 Å². The van der Waals surface area contributed by atoms with Gasteiger partial charge < -0.3 is 38.5 Å². The molecule has 0 spiro atoms. The zero-order valence-corrected chi connectivity index (χ0v) is 98.3. The average Bonchev–Trinajstić information content (AvgIpc) is 0.791. The summed E-state index contributed by atoms with van der Waals surface area (Å²) >= 11 is 5.95. The van der Waals surface area contributed by atoms with E-state index in [4.69, 9.17) is 30.5 Å². The van der Waals surface area contributed by atoms with Crippen LogP contribution in [0.3, 0.4) is 0 Å². The van der Waals surface area contributed by atoms with E-state index in [0.717, 1.165) is 220 Å². The van der Waals surface area contributed by atoms with Gasteiger partial charge in [-0.1, -0.05) is 72.3 Å². The van der Waals surface area contributed by atoms with Gasteiger partial charge in [0.2, 0.25) is 15.9 Å². The highest BCUT2D eigenvalue weighted by Gasteiger charge is 2.39. The van der Waals surface area contributed by atoms with Crippen molar-refractivity contribution in [1.82, 2.24) is 9.21 Å². The second-order valence-corrected chi connectivity index (χ2v) is 60.5. The lowest BCUT2D eigenvalue weighted by Gasteiger charge is -2.36. The number of halogens is 1. The molecule has 0 bridgehead atoms. The van der Waals surface area contributed by atoms with Crippen LogP contribution >= 0.6 is 11.6 Å². The number of sulfonamides is 1. The number of hydrogen-bond acceptors (Lipinski definition) is 25. The molecule has 3 heterocycles. The Morgan fingerprint density at radius 3 is 0.887 bits per heavy atom. The predicted octanol–water partition coefficient (Wildman–Crippen LogP) is 18.8. The van der Waals surface area contributed by atoms with Crippen molar-refractivity contribution in [3.05, 3.63) is 154 Å². The van der Waals surface area contributed by atoms with E-state index in [1.807, 2.05) is 75.1 Å². The molecule has 0 radical (unpaired) electrons. The average molecular weight is 2220 g/mol. The van der Waals surface area contributed by atoms with E-state index in [1.54, 1.807) is 106 Å². The van der Waals surface area contributed by atoms with E-state index < -0.39 is 59.2 Å². The van der Waals surface area contributed by atoms with E-state index in [1.165, 1.54) is 9.99 Å². The maximum absolute atomic E-state index is 13.0. The summed E-state index contributed by atoms with van der Waals surface area (Å²) in [5.41, 5.74) is 8.29. The molecule has 3 aliphatic heterocycles. The highest BCUT2D eigenvalue weighted by molar-refractivity contribution is 7.93. The van der Waals surface area contributed by atoms with Crippen LogP contribution in [0.1, 0.15) is 274 Å². The summed E-state index contributed by atoms with van der Waals surface area (Å²) < 4.78 is 171. The molecule has 0 unspecified atom stereocenters. The van der Waals surface area contributed by atoms with Crippen molar-refractivity contribution in [2.75, 3.05) is 135 Å². The number of sulfone groups is 5. The van der Waals surface area contributed by atoms with Gasteiger partial charge in [0.25, 0.3) is 0 Å². The molecule has 4 atom stereocenters. The Balaban J connectivity index is 0.000000209. The van der Waals surface area contributed by atoms with Crippen LogP contribution in [0.25, 0.3) is 0 Å². The van der Waals surface area contributed by atoms with Crippen molar-refractivity contribution in [1.29, 1.82) is 0 Å². The number of nitrogens with zero attached hydrogens (tertiary/aromatic N) is 5. The minimum absolute atomic E-state index is 0.0524. The number of anilines is 3. The van der Waals surface area contributed by atoms with Crippen molar-refractivity contribution < 1.29 is 98.2 Å². The van der Waals surface area contributed by atoms with Gasteiger partial charge in [0.1, 0.15) is 28.9 Å². The molecule has 842 valence electrons. The molecule has 5 saturated carbocycles. The van der Waals surface area contributed by atoms with Gasteiger partial charge in [0, 0.05) is 169 Å². The second-order valence-electron chi connectivity index (χ2n) is 45.1. The summed E-state index contributed by atoms with van der Waals surface area (Å²) in [5.74, 6) is 3.75.